The van der Waals surface area contributed by atoms with Gasteiger partial charge in [-0.05, 0) is 42.3 Å². The molecule has 25 heavy (non-hydrogen) atoms. The summed E-state index contributed by atoms with van der Waals surface area (Å²) in [4.78, 5) is -0.750. The van der Waals surface area contributed by atoms with Crippen molar-refractivity contribution in [1.82, 2.24) is 4.72 Å². The maximum absolute atomic E-state index is 14.0. The molecule has 0 saturated heterocycles. The summed E-state index contributed by atoms with van der Waals surface area (Å²) in [6, 6.07) is 7.44. The minimum atomic E-state index is -4.31. The summed E-state index contributed by atoms with van der Waals surface area (Å²) in [5.74, 6) is -1.29. The first-order chi connectivity index (χ1) is 11.8. The van der Waals surface area contributed by atoms with Crippen LogP contribution in [0.2, 0.25) is 0 Å². The van der Waals surface area contributed by atoms with Crippen molar-refractivity contribution in [3.63, 3.8) is 0 Å². The second-order valence-electron chi connectivity index (χ2n) is 5.44. The lowest BCUT2D eigenvalue weighted by Crippen LogP contribution is -2.32. The lowest BCUT2D eigenvalue weighted by atomic mass is 10.1. The van der Waals surface area contributed by atoms with Crippen molar-refractivity contribution in [2.45, 2.75) is 17.9 Å². The van der Waals surface area contributed by atoms with Gasteiger partial charge in [0.25, 0.3) is 0 Å². The van der Waals surface area contributed by atoms with Crippen LogP contribution in [0.5, 0.6) is 5.75 Å². The quantitative estimate of drug-likeness (QED) is 0.813. The third-order valence-corrected chi connectivity index (χ3v) is 5.12. The van der Waals surface area contributed by atoms with Crippen molar-refractivity contribution in [2.24, 2.45) is 0 Å². The number of hydrogen-bond acceptors (Lipinski definition) is 4. The summed E-state index contributed by atoms with van der Waals surface area (Å²) < 4.78 is 65.3. The number of rotatable bonds is 7. The summed E-state index contributed by atoms with van der Waals surface area (Å²) >= 11 is 0. The van der Waals surface area contributed by atoms with Crippen LogP contribution in [0.25, 0.3) is 0 Å². The van der Waals surface area contributed by atoms with Crippen LogP contribution in [0.4, 0.5) is 8.78 Å². The number of sulfonamides is 1. The second-order valence-corrected chi connectivity index (χ2v) is 7.12. The Morgan fingerprint density at radius 1 is 1.12 bits per heavy atom. The van der Waals surface area contributed by atoms with E-state index in [1.807, 2.05) is 0 Å². The van der Waals surface area contributed by atoms with E-state index in [1.165, 1.54) is 21.1 Å². The van der Waals surface area contributed by atoms with E-state index in [9.17, 15) is 17.2 Å². The van der Waals surface area contributed by atoms with Gasteiger partial charge in [0.15, 0.2) is 0 Å². The largest absolute Gasteiger partial charge is 0.497 e. The Kier molecular flexibility index (Phi) is 6.10. The van der Waals surface area contributed by atoms with Crippen LogP contribution in [0.15, 0.2) is 41.3 Å². The highest BCUT2D eigenvalue weighted by atomic mass is 32.2. The fourth-order valence-electron chi connectivity index (χ4n) is 2.31. The molecule has 0 saturated carbocycles. The standard InChI is InChI=1S/C17H19F2NO4S/c1-11-7-15(19)17(9-14(11)18)25(21,22)20-16(10-23-2)12-5-4-6-13(8-12)24-3/h4-9,16,20H,10H2,1-3H3. The first-order valence-electron chi connectivity index (χ1n) is 7.39. The minimum absolute atomic E-state index is 0.00234. The number of aryl methyl sites for hydroxylation is 1. The molecule has 2 aromatic carbocycles. The van der Waals surface area contributed by atoms with Gasteiger partial charge in [-0.3, -0.25) is 0 Å². The van der Waals surface area contributed by atoms with Gasteiger partial charge >= 0.3 is 0 Å². The molecule has 1 N–H and O–H groups in total. The highest BCUT2D eigenvalue weighted by Gasteiger charge is 2.26. The van der Waals surface area contributed by atoms with E-state index in [0.717, 1.165) is 6.07 Å². The van der Waals surface area contributed by atoms with Crippen molar-refractivity contribution in [1.29, 1.82) is 0 Å². The zero-order valence-corrected chi connectivity index (χ0v) is 14.9. The van der Waals surface area contributed by atoms with E-state index in [1.54, 1.807) is 24.3 Å². The van der Waals surface area contributed by atoms with Crippen LogP contribution >= 0.6 is 0 Å². The van der Waals surface area contributed by atoms with Gasteiger partial charge in [-0.1, -0.05) is 12.1 Å². The molecular weight excluding hydrogens is 352 g/mol. The molecule has 0 aliphatic heterocycles. The number of hydrogen-bond donors (Lipinski definition) is 1. The topological polar surface area (TPSA) is 64.6 Å². The van der Waals surface area contributed by atoms with Gasteiger partial charge < -0.3 is 9.47 Å². The molecule has 1 unspecified atom stereocenters. The van der Waals surface area contributed by atoms with Crippen molar-refractivity contribution < 1.29 is 26.7 Å². The minimum Gasteiger partial charge on any atom is -0.497 e. The molecule has 136 valence electrons. The van der Waals surface area contributed by atoms with Crippen LogP contribution in [-0.4, -0.2) is 29.2 Å². The Morgan fingerprint density at radius 2 is 1.84 bits per heavy atom. The summed E-state index contributed by atoms with van der Waals surface area (Å²) in [6.07, 6.45) is 0. The molecule has 2 rings (SSSR count). The smallest absolute Gasteiger partial charge is 0.244 e. The molecule has 0 aromatic heterocycles. The third kappa shape index (κ3) is 4.53. The molecule has 0 heterocycles. The molecule has 0 aliphatic carbocycles. The van der Waals surface area contributed by atoms with Crippen LogP contribution in [0.1, 0.15) is 17.2 Å². The first-order valence-corrected chi connectivity index (χ1v) is 8.87. The zero-order valence-electron chi connectivity index (χ0n) is 14.0. The summed E-state index contributed by atoms with van der Waals surface area (Å²) in [6.45, 7) is 1.36. The number of methoxy groups -OCH3 is 2. The molecule has 5 nitrogen and oxygen atoms in total. The third-order valence-electron chi connectivity index (χ3n) is 3.63. The average molecular weight is 371 g/mol. The maximum Gasteiger partial charge on any atom is 0.244 e. The SMILES string of the molecule is COCC(NS(=O)(=O)c1cc(F)c(C)cc1F)c1cccc(OC)c1. The monoisotopic (exact) mass is 371 g/mol. The number of benzene rings is 2. The van der Waals surface area contributed by atoms with E-state index in [-0.39, 0.29) is 12.2 Å². The van der Waals surface area contributed by atoms with Gasteiger partial charge in [0.05, 0.1) is 19.8 Å². The van der Waals surface area contributed by atoms with Gasteiger partial charge in [-0.25, -0.2) is 21.9 Å². The Hall–Kier alpha value is -2.03. The molecule has 0 spiro atoms. The highest BCUT2D eigenvalue weighted by molar-refractivity contribution is 7.89. The van der Waals surface area contributed by atoms with Gasteiger partial charge in [0, 0.05) is 7.11 Å². The fraction of sp³-hybridized carbons (Fsp3) is 0.294. The van der Waals surface area contributed by atoms with Crippen LogP contribution in [0, 0.1) is 18.6 Å². The summed E-state index contributed by atoms with van der Waals surface area (Å²) in [7, 11) is -1.41. The molecule has 0 radical (unpaired) electrons. The molecule has 1 atom stereocenters. The lowest BCUT2D eigenvalue weighted by molar-refractivity contribution is 0.175. The molecule has 2 aromatic rings. The molecule has 0 fully saturated rings. The zero-order chi connectivity index (χ0) is 18.6. The van der Waals surface area contributed by atoms with Crippen LogP contribution < -0.4 is 9.46 Å². The van der Waals surface area contributed by atoms with E-state index in [2.05, 4.69) is 4.72 Å². The number of ether oxygens (including phenoxy) is 2. The van der Waals surface area contributed by atoms with Crippen LogP contribution in [0.3, 0.4) is 0 Å². The van der Waals surface area contributed by atoms with Gasteiger partial charge in [-0.2, -0.15) is 0 Å². The first kappa shape index (κ1) is 19.3. The van der Waals surface area contributed by atoms with Gasteiger partial charge in [-0.15, -0.1) is 0 Å². The number of halogens is 2. The van der Waals surface area contributed by atoms with E-state index in [4.69, 9.17) is 9.47 Å². The highest BCUT2D eigenvalue weighted by Crippen LogP contribution is 2.24. The van der Waals surface area contributed by atoms with Crippen molar-refractivity contribution in [3.05, 3.63) is 59.2 Å². The van der Waals surface area contributed by atoms with E-state index >= 15 is 0 Å². The van der Waals surface area contributed by atoms with Crippen molar-refractivity contribution >= 4 is 10.0 Å². The fourth-order valence-corrected chi connectivity index (χ4v) is 3.59. The van der Waals surface area contributed by atoms with Gasteiger partial charge in [0.1, 0.15) is 22.3 Å². The Labute approximate surface area is 145 Å². The summed E-state index contributed by atoms with van der Waals surface area (Å²) in [5, 5.41) is 0. The predicted octanol–water partition coefficient (Wildman–Crippen LogP) is 2.95. The molecule has 8 heteroatoms. The van der Waals surface area contributed by atoms with Gasteiger partial charge in [0.2, 0.25) is 10.0 Å². The molecule has 0 aliphatic rings. The van der Waals surface area contributed by atoms with E-state index in [0.29, 0.717) is 17.4 Å². The summed E-state index contributed by atoms with van der Waals surface area (Å²) in [5.41, 5.74) is 0.593. The second kappa shape index (κ2) is 7.90. The molecular formula is C17H19F2NO4S. The number of nitrogens with one attached hydrogen (secondary N) is 1. The Morgan fingerprint density at radius 3 is 2.48 bits per heavy atom. The molecule has 0 amide bonds. The Balaban J connectivity index is 2.39. The van der Waals surface area contributed by atoms with E-state index < -0.39 is 32.6 Å². The average Bonchev–Trinajstić information content (AvgIpc) is 2.57. The predicted molar refractivity (Wildman–Crippen MR) is 89.0 cm³/mol. The lowest BCUT2D eigenvalue weighted by Gasteiger charge is -2.19. The van der Waals surface area contributed by atoms with Crippen molar-refractivity contribution in [2.75, 3.05) is 20.8 Å². The molecule has 0 bridgehead atoms. The maximum atomic E-state index is 14.0. The van der Waals surface area contributed by atoms with Crippen LogP contribution in [-0.2, 0) is 14.8 Å². The normalized spacial score (nSPS) is 12.8. The van der Waals surface area contributed by atoms with Crippen molar-refractivity contribution in [3.8, 4) is 5.75 Å². The Bertz CT molecular complexity index is 856.